The first-order valence-corrected chi connectivity index (χ1v) is 6.73. The summed E-state index contributed by atoms with van der Waals surface area (Å²) in [6.07, 6.45) is 0. The molecule has 0 spiro atoms. The van der Waals surface area contributed by atoms with Gasteiger partial charge < -0.3 is 10.1 Å². The fraction of sp³-hybridized carbons (Fsp3) is 0.400. The van der Waals surface area contributed by atoms with E-state index < -0.39 is 0 Å². The number of rotatable bonds is 3. The standard InChI is InChI=1S/C15H19ClN2O/c1-8(2)12-9(3)18-14-10(16)6-7-11(19-5)13(14)15(12)17-4/h6-8H,1-5H3,(H,17,18). The number of hydrogen-bond acceptors (Lipinski definition) is 3. The van der Waals surface area contributed by atoms with Crippen molar-refractivity contribution in [3.63, 3.8) is 0 Å². The Labute approximate surface area is 118 Å². The van der Waals surface area contributed by atoms with Gasteiger partial charge in [0.1, 0.15) is 5.75 Å². The molecule has 0 bridgehead atoms. The predicted molar refractivity (Wildman–Crippen MR) is 81.7 cm³/mol. The van der Waals surface area contributed by atoms with Crippen LogP contribution in [-0.4, -0.2) is 19.1 Å². The van der Waals surface area contributed by atoms with Gasteiger partial charge in [-0.3, -0.25) is 4.98 Å². The SMILES string of the molecule is CNc1c(C(C)C)c(C)nc2c(Cl)ccc(OC)c12. The lowest BCUT2D eigenvalue weighted by molar-refractivity contribution is 0.420. The average Bonchev–Trinajstić information content (AvgIpc) is 2.38. The van der Waals surface area contributed by atoms with E-state index in [0.717, 1.165) is 28.0 Å². The minimum atomic E-state index is 0.378. The normalized spacial score (nSPS) is 11.1. The van der Waals surface area contributed by atoms with Gasteiger partial charge in [-0.2, -0.15) is 0 Å². The van der Waals surface area contributed by atoms with Crippen molar-refractivity contribution in [2.45, 2.75) is 26.7 Å². The molecule has 3 nitrogen and oxygen atoms in total. The molecule has 0 radical (unpaired) electrons. The number of hydrogen-bond donors (Lipinski definition) is 1. The zero-order valence-corrected chi connectivity index (χ0v) is 12.7. The Kier molecular flexibility index (Phi) is 3.85. The van der Waals surface area contributed by atoms with E-state index in [1.165, 1.54) is 5.56 Å². The van der Waals surface area contributed by atoms with Crippen molar-refractivity contribution in [1.29, 1.82) is 0 Å². The molecule has 0 fully saturated rings. The number of methoxy groups -OCH3 is 1. The zero-order chi connectivity index (χ0) is 14.2. The van der Waals surface area contributed by atoms with Gasteiger partial charge >= 0.3 is 0 Å². The molecule has 2 aromatic rings. The Hall–Kier alpha value is -1.48. The minimum absolute atomic E-state index is 0.378. The highest BCUT2D eigenvalue weighted by atomic mass is 35.5. The number of halogens is 1. The summed E-state index contributed by atoms with van der Waals surface area (Å²) in [7, 11) is 3.58. The van der Waals surface area contributed by atoms with Gasteiger partial charge in [-0.05, 0) is 30.5 Å². The number of nitrogens with one attached hydrogen (secondary N) is 1. The monoisotopic (exact) mass is 278 g/mol. The third-order valence-electron chi connectivity index (χ3n) is 3.33. The smallest absolute Gasteiger partial charge is 0.130 e. The van der Waals surface area contributed by atoms with Gasteiger partial charge in [0.05, 0.1) is 28.7 Å². The van der Waals surface area contributed by atoms with Crippen molar-refractivity contribution in [3.05, 3.63) is 28.4 Å². The molecule has 0 aliphatic heterocycles. The Morgan fingerprint density at radius 2 is 2.00 bits per heavy atom. The van der Waals surface area contributed by atoms with E-state index in [1.54, 1.807) is 7.11 Å². The number of aromatic nitrogens is 1. The van der Waals surface area contributed by atoms with Gasteiger partial charge in [0.25, 0.3) is 0 Å². The summed E-state index contributed by atoms with van der Waals surface area (Å²) in [4.78, 5) is 4.66. The lowest BCUT2D eigenvalue weighted by atomic mass is 9.96. The molecule has 0 saturated heterocycles. The van der Waals surface area contributed by atoms with Gasteiger partial charge in [0, 0.05) is 12.7 Å². The first-order valence-electron chi connectivity index (χ1n) is 6.35. The zero-order valence-electron chi connectivity index (χ0n) is 12.0. The molecule has 1 N–H and O–H groups in total. The summed E-state index contributed by atoms with van der Waals surface area (Å²) in [5, 5.41) is 4.88. The Bertz CT molecular complexity index is 623. The largest absolute Gasteiger partial charge is 0.496 e. The topological polar surface area (TPSA) is 34.2 Å². The molecule has 0 aliphatic carbocycles. The maximum absolute atomic E-state index is 6.27. The van der Waals surface area contributed by atoms with E-state index in [0.29, 0.717) is 10.9 Å². The summed E-state index contributed by atoms with van der Waals surface area (Å²) in [6.45, 7) is 6.34. The van der Waals surface area contributed by atoms with Crippen LogP contribution in [0.3, 0.4) is 0 Å². The molecular formula is C15H19ClN2O. The van der Waals surface area contributed by atoms with Gasteiger partial charge in [-0.1, -0.05) is 25.4 Å². The molecular weight excluding hydrogens is 260 g/mol. The minimum Gasteiger partial charge on any atom is -0.496 e. The fourth-order valence-electron chi connectivity index (χ4n) is 2.58. The number of pyridine rings is 1. The maximum Gasteiger partial charge on any atom is 0.130 e. The lowest BCUT2D eigenvalue weighted by Crippen LogP contribution is -2.05. The number of nitrogens with zero attached hydrogens (tertiary/aromatic N) is 1. The summed E-state index contributed by atoms with van der Waals surface area (Å²) < 4.78 is 5.46. The van der Waals surface area contributed by atoms with Gasteiger partial charge in [0.15, 0.2) is 0 Å². The average molecular weight is 279 g/mol. The molecule has 0 unspecified atom stereocenters. The van der Waals surface area contributed by atoms with Gasteiger partial charge in [-0.25, -0.2) is 0 Å². The number of ether oxygens (including phenoxy) is 1. The van der Waals surface area contributed by atoms with Crippen molar-refractivity contribution in [3.8, 4) is 5.75 Å². The Morgan fingerprint density at radius 1 is 1.32 bits per heavy atom. The molecule has 0 aliphatic rings. The summed E-state index contributed by atoms with van der Waals surface area (Å²) >= 11 is 6.27. The highest BCUT2D eigenvalue weighted by molar-refractivity contribution is 6.35. The first-order chi connectivity index (χ1) is 9.01. The summed E-state index contributed by atoms with van der Waals surface area (Å²) in [6, 6.07) is 3.70. The second kappa shape index (κ2) is 5.25. The highest BCUT2D eigenvalue weighted by Crippen LogP contribution is 2.40. The predicted octanol–water partition coefficient (Wildman–Crippen LogP) is 4.37. The van der Waals surface area contributed by atoms with Crippen LogP contribution in [-0.2, 0) is 0 Å². The van der Waals surface area contributed by atoms with Crippen LogP contribution in [0.2, 0.25) is 5.02 Å². The summed E-state index contributed by atoms with van der Waals surface area (Å²) in [5.41, 5.74) is 4.04. The van der Waals surface area contributed by atoms with E-state index in [4.69, 9.17) is 16.3 Å². The first kappa shape index (κ1) is 13.9. The number of aryl methyl sites for hydroxylation is 1. The highest BCUT2D eigenvalue weighted by Gasteiger charge is 2.18. The van der Waals surface area contributed by atoms with Crippen LogP contribution in [0, 0.1) is 6.92 Å². The molecule has 0 amide bonds. The third-order valence-corrected chi connectivity index (χ3v) is 3.63. The van der Waals surface area contributed by atoms with E-state index in [9.17, 15) is 0 Å². The van der Waals surface area contributed by atoms with Crippen molar-refractivity contribution >= 4 is 28.2 Å². The van der Waals surface area contributed by atoms with E-state index >= 15 is 0 Å². The molecule has 1 aromatic heterocycles. The van der Waals surface area contributed by atoms with Crippen molar-refractivity contribution in [1.82, 2.24) is 4.98 Å². The van der Waals surface area contributed by atoms with Crippen LogP contribution in [0.15, 0.2) is 12.1 Å². The van der Waals surface area contributed by atoms with E-state index in [-0.39, 0.29) is 0 Å². The fourth-order valence-corrected chi connectivity index (χ4v) is 2.78. The van der Waals surface area contributed by atoms with Crippen molar-refractivity contribution in [2.75, 3.05) is 19.5 Å². The van der Waals surface area contributed by atoms with Gasteiger partial charge in [0.2, 0.25) is 0 Å². The number of anilines is 1. The molecule has 19 heavy (non-hydrogen) atoms. The molecule has 2 rings (SSSR count). The van der Waals surface area contributed by atoms with Crippen LogP contribution in [0.1, 0.15) is 31.0 Å². The van der Waals surface area contributed by atoms with Crippen LogP contribution in [0.4, 0.5) is 5.69 Å². The molecule has 4 heteroatoms. The molecule has 1 heterocycles. The molecule has 1 aromatic carbocycles. The van der Waals surface area contributed by atoms with Crippen LogP contribution in [0.25, 0.3) is 10.9 Å². The second-order valence-electron chi connectivity index (χ2n) is 4.86. The van der Waals surface area contributed by atoms with Crippen LogP contribution < -0.4 is 10.1 Å². The molecule has 0 atom stereocenters. The summed E-state index contributed by atoms with van der Waals surface area (Å²) in [5.74, 6) is 1.17. The van der Waals surface area contributed by atoms with Crippen molar-refractivity contribution < 1.29 is 4.74 Å². The Balaban J connectivity index is 2.98. The quantitative estimate of drug-likeness (QED) is 0.905. The maximum atomic E-state index is 6.27. The Morgan fingerprint density at radius 3 is 2.53 bits per heavy atom. The molecule has 102 valence electrons. The number of benzene rings is 1. The van der Waals surface area contributed by atoms with Crippen molar-refractivity contribution in [2.24, 2.45) is 0 Å². The van der Waals surface area contributed by atoms with Crippen LogP contribution in [0.5, 0.6) is 5.75 Å². The molecule has 0 saturated carbocycles. The van der Waals surface area contributed by atoms with E-state index in [1.807, 2.05) is 26.1 Å². The van der Waals surface area contributed by atoms with Gasteiger partial charge in [-0.15, -0.1) is 0 Å². The second-order valence-corrected chi connectivity index (χ2v) is 5.27. The third kappa shape index (κ3) is 2.23. The van der Waals surface area contributed by atoms with Crippen LogP contribution >= 0.6 is 11.6 Å². The number of fused-ring (bicyclic) bond motifs is 1. The lowest BCUT2D eigenvalue weighted by Gasteiger charge is -2.19. The van der Waals surface area contributed by atoms with E-state index in [2.05, 4.69) is 24.1 Å².